The molecule has 6 heteroatoms. The van der Waals surface area contributed by atoms with Crippen molar-refractivity contribution >= 4 is 5.97 Å². The number of aliphatic carboxylic acids is 1. The molecule has 0 aliphatic heterocycles. The number of benzene rings is 2. The van der Waals surface area contributed by atoms with Crippen LogP contribution in [0.15, 0.2) is 48.7 Å². The number of methoxy groups -OCH3 is 1. The summed E-state index contributed by atoms with van der Waals surface area (Å²) < 4.78 is 26.6. The molecule has 3 aromatic rings. The molecule has 2 aliphatic rings. The van der Waals surface area contributed by atoms with Crippen LogP contribution in [0.3, 0.4) is 0 Å². The molecule has 1 N–H and O–H groups in total. The van der Waals surface area contributed by atoms with Crippen LogP contribution in [0, 0.1) is 11.2 Å². The lowest BCUT2D eigenvalue weighted by molar-refractivity contribution is -0.138. The molecule has 0 bridgehead atoms. The molecular formula is C33H38FNO4. The Balaban J connectivity index is 1.46. The van der Waals surface area contributed by atoms with E-state index in [2.05, 4.69) is 31.0 Å². The molecule has 0 saturated heterocycles. The van der Waals surface area contributed by atoms with Crippen LogP contribution < -0.4 is 9.47 Å². The Kier molecular flexibility index (Phi) is 7.41. The summed E-state index contributed by atoms with van der Waals surface area (Å²) in [4.78, 5) is 15.6. The number of hydrogen-bond donors (Lipinski definition) is 1. The Morgan fingerprint density at radius 3 is 2.62 bits per heavy atom. The number of fused-ring (bicyclic) bond motifs is 1. The number of carboxylic acid groups (broad SMARTS) is 1. The second-order valence-corrected chi connectivity index (χ2v) is 12.2. The highest BCUT2D eigenvalue weighted by Crippen LogP contribution is 2.51. The first-order valence-electron chi connectivity index (χ1n) is 13.9. The van der Waals surface area contributed by atoms with E-state index in [4.69, 9.17) is 9.47 Å². The number of carbonyl (C=O) groups is 1. The monoisotopic (exact) mass is 531 g/mol. The quantitative estimate of drug-likeness (QED) is 0.321. The van der Waals surface area contributed by atoms with Gasteiger partial charge in [0.05, 0.1) is 19.7 Å². The van der Waals surface area contributed by atoms with Gasteiger partial charge in [-0.3, -0.25) is 4.79 Å². The van der Waals surface area contributed by atoms with E-state index < -0.39 is 11.4 Å². The summed E-state index contributed by atoms with van der Waals surface area (Å²) in [6.07, 6.45) is 7.48. The van der Waals surface area contributed by atoms with Gasteiger partial charge in [0.25, 0.3) is 0 Å². The molecule has 5 rings (SSSR count). The predicted octanol–water partition coefficient (Wildman–Crippen LogP) is 7.84. The smallest absolute Gasteiger partial charge is 0.304 e. The second-order valence-electron chi connectivity index (χ2n) is 12.2. The first-order valence-corrected chi connectivity index (χ1v) is 13.9. The average Bonchev–Trinajstić information content (AvgIpc) is 3.26. The van der Waals surface area contributed by atoms with E-state index in [1.165, 1.54) is 18.9 Å². The summed E-state index contributed by atoms with van der Waals surface area (Å²) in [5.41, 5.74) is 5.53. The topological polar surface area (TPSA) is 68.7 Å². The minimum Gasteiger partial charge on any atom is -0.489 e. The molecule has 1 heterocycles. The highest BCUT2D eigenvalue weighted by atomic mass is 19.1. The third-order valence-electron chi connectivity index (χ3n) is 8.93. The fourth-order valence-corrected chi connectivity index (χ4v) is 6.79. The Labute approximate surface area is 230 Å². The maximum absolute atomic E-state index is 15.0. The maximum atomic E-state index is 15.0. The van der Waals surface area contributed by atoms with Crippen molar-refractivity contribution in [1.29, 1.82) is 0 Å². The molecule has 39 heavy (non-hydrogen) atoms. The normalized spacial score (nSPS) is 21.8. The van der Waals surface area contributed by atoms with E-state index in [1.807, 2.05) is 31.2 Å². The zero-order valence-electron chi connectivity index (χ0n) is 23.4. The van der Waals surface area contributed by atoms with Gasteiger partial charge in [-0.1, -0.05) is 51.5 Å². The third kappa shape index (κ3) is 5.52. The molecule has 0 radical (unpaired) electrons. The number of hydrogen-bond acceptors (Lipinski definition) is 4. The standard InChI is InChI=1S/C33H38FNO4/c1-32(2)13-6-8-27(32)25-15-21(9-12-24(25)26-17-30(38-4)35-19-29(26)34)20-39-23-11-10-22-7-5-14-33(3,18-31(36)37)28(22)16-23/h9-12,15-17,19,27H,5-8,13-14,18,20H2,1-4H3,(H,36,37)/t27-,33-/m0/s1. The molecule has 0 unspecified atom stereocenters. The van der Waals surface area contributed by atoms with Crippen molar-refractivity contribution in [3.8, 4) is 22.8 Å². The first kappa shape index (κ1) is 27.2. The number of ether oxygens (including phenoxy) is 2. The molecule has 0 spiro atoms. The number of nitrogens with zero attached hydrogens (tertiary/aromatic N) is 1. The van der Waals surface area contributed by atoms with Crippen LogP contribution in [0.25, 0.3) is 11.1 Å². The van der Waals surface area contributed by atoms with Gasteiger partial charge in [-0.15, -0.1) is 0 Å². The van der Waals surface area contributed by atoms with E-state index in [1.54, 1.807) is 6.07 Å². The Morgan fingerprint density at radius 1 is 1.08 bits per heavy atom. The summed E-state index contributed by atoms with van der Waals surface area (Å²) in [6, 6.07) is 13.9. The zero-order valence-corrected chi connectivity index (χ0v) is 23.4. The lowest BCUT2D eigenvalue weighted by Crippen LogP contribution is -2.30. The van der Waals surface area contributed by atoms with Crippen LogP contribution in [0.5, 0.6) is 11.6 Å². The van der Waals surface area contributed by atoms with Crippen molar-refractivity contribution in [1.82, 2.24) is 4.98 Å². The van der Waals surface area contributed by atoms with E-state index in [-0.39, 0.29) is 17.7 Å². The molecule has 2 aromatic carbocycles. The number of aromatic nitrogens is 1. The second kappa shape index (κ2) is 10.6. The summed E-state index contributed by atoms with van der Waals surface area (Å²) in [5.74, 6) is 0.283. The fourth-order valence-electron chi connectivity index (χ4n) is 6.79. The molecule has 5 nitrogen and oxygen atoms in total. The molecule has 0 amide bonds. The van der Waals surface area contributed by atoms with Crippen molar-refractivity contribution in [3.63, 3.8) is 0 Å². The highest BCUT2D eigenvalue weighted by Gasteiger charge is 2.37. The Morgan fingerprint density at radius 2 is 1.90 bits per heavy atom. The molecule has 1 fully saturated rings. The average molecular weight is 532 g/mol. The van der Waals surface area contributed by atoms with Crippen molar-refractivity contribution < 1.29 is 23.8 Å². The maximum Gasteiger partial charge on any atom is 0.304 e. The van der Waals surface area contributed by atoms with Gasteiger partial charge in [0.1, 0.15) is 18.2 Å². The highest BCUT2D eigenvalue weighted by molar-refractivity contribution is 5.71. The van der Waals surface area contributed by atoms with Gasteiger partial charge in [-0.05, 0) is 83.4 Å². The molecule has 2 atom stereocenters. The minimum absolute atomic E-state index is 0.106. The molecule has 1 aromatic heterocycles. The van der Waals surface area contributed by atoms with Crippen LogP contribution in [-0.4, -0.2) is 23.2 Å². The molecular weight excluding hydrogens is 493 g/mol. The van der Waals surface area contributed by atoms with Crippen molar-refractivity contribution in [3.05, 3.63) is 76.7 Å². The summed E-state index contributed by atoms with van der Waals surface area (Å²) >= 11 is 0. The third-order valence-corrected chi connectivity index (χ3v) is 8.93. The molecule has 1 saturated carbocycles. The van der Waals surface area contributed by atoms with Crippen LogP contribution in [-0.2, 0) is 23.2 Å². The Bertz CT molecular complexity index is 1380. The SMILES string of the molecule is COc1cc(-c2ccc(COc3ccc4c(c3)[C@](C)(CC(=O)O)CCC4)cc2[C@@H]2CCCC2(C)C)c(F)cn1. The summed E-state index contributed by atoms with van der Waals surface area (Å²) in [5, 5.41) is 9.52. The number of pyridine rings is 1. The zero-order chi connectivity index (χ0) is 27.8. The summed E-state index contributed by atoms with van der Waals surface area (Å²) in [6.45, 7) is 7.01. The molecule has 206 valence electrons. The van der Waals surface area contributed by atoms with Crippen molar-refractivity contribution in [2.75, 3.05) is 7.11 Å². The summed E-state index contributed by atoms with van der Waals surface area (Å²) in [7, 11) is 1.54. The lowest BCUT2D eigenvalue weighted by Gasteiger charge is -2.35. The van der Waals surface area contributed by atoms with Gasteiger partial charge in [-0.2, -0.15) is 0 Å². The number of aryl methyl sites for hydroxylation is 1. The number of halogens is 1. The van der Waals surface area contributed by atoms with Crippen LogP contribution in [0.2, 0.25) is 0 Å². The van der Waals surface area contributed by atoms with Gasteiger partial charge in [0.2, 0.25) is 5.88 Å². The number of carboxylic acids is 1. The van der Waals surface area contributed by atoms with Crippen molar-refractivity contribution in [2.45, 2.75) is 83.7 Å². The van der Waals surface area contributed by atoms with Crippen LogP contribution in [0.1, 0.15) is 87.5 Å². The Hall–Kier alpha value is -3.41. The van der Waals surface area contributed by atoms with Crippen molar-refractivity contribution in [2.24, 2.45) is 5.41 Å². The first-order chi connectivity index (χ1) is 18.6. The largest absolute Gasteiger partial charge is 0.489 e. The van der Waals surface area contributed by atoms with Gasteiger partial charge in [0.15, 0.2) is 0 Å². The molecule has 2 aliphatic carbocycles. The predicted molar refractivity (Wildman–Crippen MR) is 150 cm³/mol. The van der Waals surface area contributed by atoms with Crippen LogP contribution in [0.4, 0.5) is 4.39 Å². The van der Waals surface area contributed by atoms with Gasteiger partial charge in [0, 0.05) is 17.0 Å². The van der Waals surface area contributed by atoms with Gasteiger partial charge >= 0.3 is 5.97 Å². The number of rotatable bonds is 8. The van der Waals surface area contributed by atoms with E-state index in [0.29, 0.717) is 24.0 Å². The fraction of sp³-hybridized carbons (Fsp3) is 0.455. The van der Waals surface area contributed by atoms with E-state index in [0.717, 1.165) is 66.5 Å². The van der Waals surface area contributed by atoms with Gasteiger partial charge < -0.3 is 14.6 Å². The minimum atomic E-state index is -0.776. The van der Waals surface area contributed by atoms with Gasteiger partial charge in [-0.25, -0.2) is 9.37 Å². The van der Waals surface area contributed by atoms with E-state index in [9.17, 15) is 9.90 Å². The van der Waals surface area contributed by atoms with Crippen LogP contribution >= 0.6 is 0 Å². The van der Waals surface area contributed by atoms with E-state index >= 15 is 4.39 Å². The lowest BCUT2D eigenvalue weighted by atomic mass is 9.69.